The summed E-state index contributed by atoms with van der Waals surface area (Å²) in [4.78, 5) is 25.0. The lowest BCUT2D eigenvalue weighted by atomic mass is 10.2. The van der Waals surface area contributed by atoms with Crippen molar-refractivity contribution in [3.63, 3.8) is 0 Å². The Balaban J connectivity index is 1.39. The summed E-state index contributed by atoms with van der Waals surface area (Å²) >= 11 is 1.26. The van der Waals surface area contributed by atoms with E-state index in [1.807, 2.05) is 13.0 Å². The van der Waals surface area contributed by atoms with Gasteiger partial charge >= 0.3 is 0 Å². The number of ether oxygens (including phenoxy) is 1. The second-order valence-corrected chi connectivity index (χ2v) is 8.18. The molecule has 1 aliphatic rings. The molecule has 7 heteroatoms. The molecule has 0 atom stereocenters. The number of carbonyl (C=O) groups is 2. The maximum Gasteiger partial charge on any atom is 0.265 e. The first-order valence-electron chi connectivity index (χ1n) is 9.52. The van der Waals surface area contributed by atoms with Crippen molar-refractivity contribution >= 4 is 33.8 Å². The third-order valence-corrected chi connectivity index (χ3v) is 5.69. The van der Waals surface area contributed by atoms with Gasteiger partial charge in [0.1, 0.15) is 11.5 Å². The molecule has 0 bridgehead atoms. The Morgan fingerprint density at radius 3 is 2.43 bits per heavy atom. The zero-order valence-corrected chi connectivity index (χ0v) is 17.1. The molecule has 0 unspecified atom stereocenters. The van der Waals surface area contributed by atoms with E-state index in [9.17, 15) is 9.59 Å². The number of rotatable bonds is 6. The molecule has 2 N–H and O–H groups in total. The van der Waals surface area contributed by atoms with Crippen LogP contribution in [-0.4, -0.2) is 11.8 Å². The van der Waals surface area contributed by atoms with Gasteiger partial charge in [-0.15, -0.1) is 11.3 Å². The number of nitriles is 1. The van der Waals surface area contributed by atoms with Gasteiger partial charge in [0.05, 0.1) is 21.5 Å². The van der Waals surface area contributed by atoms with Crippen LogP contribution in [0.25, 0.3) is 0 Å². The Hall–Kier alpha value is -3.63. The number of nitrogens with one attached hydrogen (secondary N) is 2. The molecular formula is C23H19N3O3S. The SMILES string of the molecule is Cc1cc(Oc2ccc(C#N)cc2)ccc1NC(=O)c1ccc(NC(=O)C2CC2)s1. The smallest absolute Gasteiger partial charge is 0.265 e. The van der Waals surface area contributed by atoms with Crippen molar-refractivity contribution in [1.29, 1.82) is 5.26 Å². The molecule has 30 heavy (non-hydrogen) atoms. The first-order chi connectivity index (χ1) is 14.5. The molecule has 4 rings (SSSR count). The van der Waals surface area contributed by atoms with Gasteiger partial charge in [-0.2, -0.15) is 5.26 Å². The zero-order chi connectivity index (χ0) is 21.1. The predicted octanol–water partition coefficient (Wildman–Crippen LogP) is 5.32. The molecule has 1 heterocycles. The summed E-state index contributed by atoms with van der Waals surface area (Å²) in [6.07, 6.45) is 1.88. The quantitative estimate of drug-likeness (QED) is 0.568. The molecule has 0 saturated heterocycles. The summed E-state index contributed by atoms with van der Waals surface area (Å²) in [6, 6.07) is 17.8. The van der Waals surface area contributed by atoms with Crippen LogP contribution in [0, 0.1) is 24.2 Å². The minimum absolute atomic E-state index is 0.0255. The summed E-state index contributed by atoms with van der Waals surface area (Å²) in [5.41, 5.74) is 2.11. The summed E-state index contributed by atoms with van der Waals surface area (Å²) in [5.74, 6) is 1.19. The van der Waals surface area contributed by atoms with E-state index in [-0.39, 0.29) is 17.7 Å². The first-order valence-corrected chi connectivity index (χ1v) is 10.3. The molecule has 0 spiro atoms. The molecule has 1 saturated carbocycles. The van der Waals surface area contributed by atoms with E-state index < -0.39 is 0 Å². The highest BCUT2D eigenvalue weighted by Gasteiger charge is 2.29. The number of anilines is 2. The van der Waals surface area contributed by atoms with Gasteiger partial charge in [-0.1, -0.05) is 0 Å². The van der Waals surface area contributed by atoms with Crippen molar-refractivity contribution in [3.8, 4) is 17.6 Å². The number of thiophene rings is 1. The monoisotopic (exact) mass is 417 g/mol. The summed E-state index contributed by atoms with van der Waals surface area (Å²) in [7, 11) is 0. The van der Waals surface area contributed by atoms with Crippen LogP contribution in [0.4, 0.5) is 10.7 Å². The van der Waals surface area contributed by atoms with E-state index in [1.165, 1.54) is 11.3 Å². The van der Waals surface area contributed by atoms with Crippen molar-refractivity contribution in [1.82, 2.24) is 0 Å². The molecule has 150 valence electrons. The van der Waals surface area contributed by atoms with Crippen molar-refractivity contribution in [2.24, 2.45) is 5.92 Å². The van der Waals surface area contributed by atoms with Crippen LogP contribution in [0.5, 0.6) is 11.5 Å². The van der Waals surface area contributed by atoms with Crippen molar-refractivity contribution in [2.45, 2.75) is 19.8 Å². The highest BCUT2D eigenvalue weighted by molar-refractivity contribution is 7.18. The van der Waals surface area contributed by atoms with E-state index >= 15 is 0 Å². The molecule has 3 aromatic rings. The lowest BCUT2D eigenvalue weighted by molar-refractivity contribution is -0.117. The Morgan fingerprint density at radius 1 is 1.03 bits per heavy atom. The van der Waals surface area contributed by atoms with E-state index in [0.29, 0.717) is 32.6 Å². The van der Waals surface area contributed by atoms with Gasteiger partial charge in [-0.05, 0) is 79.9 Å². The van der Waals surface area contributed by atoms with Crippen LogP contribution in [-0.2, 0) is 4.79 Å². The highest BCUT2D eigenvalue weighted by atomic mass is 32.1. The van der Waals surface area contributed by atoms with Gasteiger partial charge in [0.2, 0.25) is 5.91 Å². The maximum absolute atomic E-state index is 12.6. The third-order valence-electron chi connectivity index (χ3n) is 4.69. The molecule has 0 aliphatic heterocycles. The first kappa shape index (κ1) is 19.7. The Kier molecular flexibility index (Phi) is 5.50. The molecule has 1 aromatic heterocycles. The lowest BCUT2D eigenvalue weighted by Crippen LogP contribution is -2.12. The number of aryl methyl sites for hydroxylation is 1. The van der Waals surface area contributed by atoms with E-state index in [2.05, 4.69) is 16.7 Å². The largest absolute Gasteiger partial charge is 0.457 e. The van der Waals surface area contributed by atoms with Crippen molar-refractivity contribution in [2.75, 3.05) is 10.6 Å². The summed E-state index contributed by atoms with van der Waals surface area (Å²) in [5, 5.41) is 15.3. The van der Waals surface area contributed by atoms with Crippen LogP contribution >= 0.6 is 11.3 Å². The fourth-order valence-electron chi connectivity index (χ4n) is 2.85. The molecular weight excluding hydrogens is 398 g/mol. The Labute approximate surface area is 178 Å². The second-order valence-electron chi connectivity index (χ2n) is 7.10. The number of hydrogen-bond acceptors (Lipinski definition) is 5. The van der Waals surface area contributed by atoms with Crippen LogP contribution < -0.4 is 15.4 Å². The summed E-state index contributed by atoms with van der Waals surface area (Å²) in [6.45, 7) is 1.89. The van der Waals surface area contributed by atoms with Gasteiger partial charge in [-0.3, -0.25) is 9.59 Å². The fourth-order valence-corrected chi connectivity index (χ4v) is 3.66. The minimum Gasteiger partial charge on any atom is -0.457 e. The lowest BCUT2D eigenvalue weighted by Gasteiger charge is -2.11. The average molecular weight is 417 g/mol. The van der Waals surface area contributed by atoms with Gasteiger partial charge in [0, 0.05) is 11.6 Å². The third kappa shape index (κ3) is 4.67. The predicted molar refractivity (Wildman–Crippen MR) is 116 cm³/mol. The molecule has 0 radical (unpaired) electrons. The standard InChI is InChI=1S/C23H19N3O3S/c1-14-12-18(29-17-6-2-15(13-24)3-7-17)8-9-19(14)25-23(28)20-10-11-21(30-20)26-22(27)16-4-5-16/h2-3,6-12,16H,4-5H2,1H3,(H,25,28)(H,26,27). The van der Waals surface area contributed by atoms with Crippen LogP contribution in [0.3, 0.4) is 0 Å². The van der Waals surface area contributed by atoms with E-state index in [1.54, 1.807) is 48.5 Å². The molecule has 1 aliphatic carbocycles. The number of nitrogens with zero attached hydrogens (tertiary/aromatic N) is 1. The number of benzene rings is 2. The van der Waals surface area contributed by atoms with Crippen molar-refractivity contribution in [3.05, 3.63) is 70.6 Å². The molecule has 2 aromatic carbocycles. The van der Waals surface area contributed by atoms with Crippen LogP contribution in [0.1, 0.15) is 33.6 Å². The van der Waals surface area contributed by atoms with Crippen LogP contribution in [0.15, 0.2) is 54.6 Å². The molecule has 6 nitrogen and oxygen atoms in total. The van der Waals surface area contributed by atoms with Gasteiger partial charge in [-0.25, -0.2) is 0 Å². The highest BCUT2D eigenvalue weighted by Crippen LogP contribution is 2.32. The van der Waals surface area contributed by atoms with E-state index in [4.69, 9.17) is 10.00 Å². The Bertz CT molecular complexity index is 1140. The zero-order valence-electron chi connectivity index (χ0n) is 16.3. The van der Waals surface area contributed by atoms with Gasteiger partial charge in [0.25, 0.3) is 5.91 Å². The number of carbonyl (C=O) groups excluding carboxylic acids is 2. The minimum atomic E-state index is -0.226. The molecule has 1 fully saturated rings. The van der Waals surface area contributed by atoms with Gasteiger partial charge in [0.15, 0.2) is 0 Å². The summed E-state index contributed by atoms with van der Waals surface area (Å²) < 4.78 is 5.81. The number of hydrogen-bond donors (Lipinski definition) is 2. The van der Waals surface area contributed by atoms with Gasteiger partial charge < -0.3 is 15.4 Å². The Morgan fingerprint density at radius 2 is 1.77 bits per heavy atom. The average Bonchev–Trinajstić information content (AvgIpc) is 3.50. The topological polar surface area (TPSA) is 91.2 Å². The normalized spacial score (nSPS) is 12.7. The fraction of sp³-hybridized carbons (Fsp3) is 0.174. The van der Waals surface area contributed by atoms with Crippen molar-refractivity contribution < 1.29 is 14.3 Å². The maximum atomic E-state index is 12.6. The molecule has 2 amide bonds. The van der Waals surface area contributed by atoms with E-state index in [0.717, 1.165) is 18.4 Å². The van der Waals surface area contributed by atoms with Crippen LogP contribution in [0.2, 0.25) is 0 Å². The number of amides is 2. The second kappa shape index (κ2) is 8.39.